The van der Waals surface area contributed by atoms with E-state index in [4.69, 9.17) is 9.47 Å². The van der Waals surface area contributed by atoms with Crippen LogP contribution < -0.4 is 16.0 Å². The van der Waals surface area contributed by atoms with E-state index in [1.807, 2.05) is 6.92 Å². The number of hydrogen-bond donors (Lipinski definition) is 3. The van der Waals surface area contributed by atoms with Crippen LogP contribution in [0.5, 0.6) is 0 Å². The highest BCUT2D eigenvalue weighted by atomic mass is 19.1. The molecule has 0 aliphatic carbocycles. The Morgan fingerprint density at radius 2 is 2.14 bits per heavy atom. The van der Waals surface area contributed by atoms with Crippen LogP contribution in [0.3, 0.4) is 0 Å². The van der Waals surface area contributed by atoms with Gasteiger partial charge in [0, 0.05) is 50.9 Å². The molecule has 0 radical (unpaired) electrons. The SMILES string of the molecule is CCNC(=NCCCOCC1CCOC1)NCCNC(=O)c1ccc(C)c(F)c1. The molecule has 0 spiro atoms. The van der Waals surface area contributed by atoms with Gasteiger partial charge in [-0.2, -0.15) is 0 Å². The van der Waals surface area contributed by atoms with Crippen molar-refractivity contribution in [3.05, 3.63) is 35.1 Å². The van der Waals surface area contributed by atoms with Gasteiger partial charge in [-0.05, 0) is 44.4 Å². The highest BCUT2D eigenvalue weighted by Gasteiger charge is 2.15. The molecule has 1 heterocycles. The lowest BCUT2D eigenvalue weighted by Crippen LogP contribution is -2.41. The molecule has 1 amide bonds. The predicted octanol–water partition coefficient (Wildman–Crippen LogP) is 1.86. The Labute approximate surface area is 172 Å². The summed E-state index contributed by atoms with van der Waals surface area (Å²) < 4.78 is 24.6. The van der Waals surface area contributed by atoms with Crippen LogP contribution in [0.4, 0.5) is 4.39 Å². The second-order valence-electron chi connectivity index (χ2n) is 7.07. The van der Waals surface area contributed by atoms with E-state index in [0.717, 1.165) is 39.2 Å². The van der Waals surface area contributed by atoms with Crippen molar-refractivity contribution in [1.29, 1.82) is 0 Å². The number of amides is 1. The van der Waals surface area contributed by atoms with Gasteiger partial charge in [0.1, 0.15) is 5.82 Å². The Kier molecular flexibility index (Phi) is 10.4. The summed E-state index contributed by atoms with van der Waals surface area (Å²) in [6.45, 7) is 9.09. The van der Waals surface area contributed by atoms with Gasteiger partial charge in [0.25, 0.3) is 5.91 Å². The lowest BCUT2D eigenvalue weighted by atomic mass is 10.1. The van der Waals surface area contributed by atoms with Crippen molar-refractivity contribution in [3.8, 4) is 0 Å². The summed E-state index contributed by atoms with van der Waals surface area (Å²) in [5.74, 6) is 0.562. The normalized spacial score (nSPS) is 16.7. The first-order chi connectivity index (χ1) is 14.1. The monoisotopic (exact) mass is 408 g/mol. The third-order valence-electron chi connectivity index (χ3n) is 4.58. The molecule has 7 nitrogen and oxygen atoms in total. The van der Waals surface area contributed by atoms with E-state index >= 15 is 0 Å². The number of halogens is 1. The Bertz CT molecular complexity index is 663. The van der Waals surface area contributed by atoms with Gasteiger partial charge in [0.15, 0.2) is 5.96 Å². The van der Waals surface area contributed by atoms with Crippen molar-refractivity contribution in [2.75, 3.05) is 52.6 Å². The topological polar surface area (TPSA) is 84.0 Å². The van der Waals surface area contributed by atoms with Crippen LogP contribution in [0, 0.1) is 18.7 Å². The fourth-order valence-corrected chi connectivity index (χ4v) is 2.86. The number of carbonyl (C=O) groups excluding carboxylic acids is 1. The number of benzene rings is 1. The molecule has 29 heavy (non-hydrogen) atoms. The van der Waals surface area contributed by atoms with Gasteiger partial charge < -0.3 is 25.4 Å². The summed E-state index contributed by atoms with van der Waals surface area (Å²) in [5, 5.41) is 9.12. The number of nitrogens with zero attached hydrogens (tertiary/aromatic N) is 1. The first kappa shape index (κ1) is 23.1. The van der Waals surface area contributed by atoms with Crippen molar-refractivity contribution in [3.63, 3.8) is 0 Å². The number of hydrogen-bond acceptors (Lipinski definition) is 4. The molecule has 1 aromatic rings. The van der Waals surface area contributed by atoms with E-state index in [9.17, 15) is 9.18 Å². The average Bonchev–Trinajstić information content (AvgIpc) is 3.23. The second-order valence-corrected chi connectivity index (χ2v) is 7.07. The second kappa shape index (κ2) is 13.1. The summed E-state index contributed by atoms with van der Waals surface area (Å²) >= 11 is 0. The molecule has 162 valence electrons. The van der Waals surface area contributed by atoms with E-state index in [2.05, 4.69) is 20.9 Å². The molecule has 2 rings (SSSR count). The Morgan fingerprint density at radius 1 is 1.31 bits per heavy atom. The number of carbonyl (C=O) groups is 1. The molecule has 3 N–H and O–H groups in total. The molecule has 8 heteroatoms. The molecule has 0 bridgehead atoms. The standard InChI is InChI=1S/C21H33FN4O3/c1-3-23-21(25-8-4-11-28-14-17-7-12-29-15-17)26-10-9-24-20(27)18-6-5-16(2)19(22)13-18/h5-6,13,17H,3-4,7-12,14-15H2,1-2H3,(H,24,27)(H2,23,25,26). The third-order valence-corrected chi connectivity index (χ3v) is 4.58. The summed E-state index contributed by atoms with van der Waals surface area (Å²) in [5.41, 5.74) is 0.838. The highest BCUT2D eigenvalue weighted by molar-refractivity contribution is 5.94. The maximum Gasteiger partial charge on any atom is 0.251 e. The van der Waals surface area contributed by atoms with E-state index < -0.39 is 0 Å². The molecule has 1 aromatic carbocycles. The minimum absolute atomic E-state index is 0.294. The minimum Gasteiger partial charge on any atom is -0.381 e. The van der Waals surface area contributed by atoms with Crippen LogP contribution in [0.15, 0.2) is 23.2 Å². The van der Waals surface area contributed by atoms with Crippen LogP contribution in [0.2, 0.25) is 0 Å². The van der Waals surface area contributed by atoms with Crippen LogP contribution in [-0.2, 0) is 9.47 Å². The van der Waals surface area contributed by atoms with Crippen molar-refractivity contribution >= 4 is 11.9 Å². The zero-order valence-electron chi connectivity index (χ0n) is 17.4. The summed E-state index contributed by atoms with van der Waals surface area (Å²) in [6.07, 6.45) is 1.93. The summed E-state index contributed by atoms with van der Waals surface area (Å²) in [4.78, 5) is 16.6. The smallest absolute Gasteiger partial charge is 0.251 e. The van der Waals surface area contributed by atoms with E-state index in [0.29, 0.717) is 49.2 Å². The summed E-state index contributed by atoms with van der Waals surface area (Å²) in [7, 11) is 0. The Morgan fingerprint density at radius 3 is 2.86 bits per heavy atom. The number of ether oxygens (including phenoxy) is 2. The quantitative estimate of drug-likeness (QED) is 0.296. The van der Waals surface area contributed by atoms with Crippen molar-refractivity contribution in [2.45, 2.75) is 26.7 Å². The third kappa shape index (κ3) is 8.79. The minimum atomic E-state index is -0.377. The number of guanidine groups is 1. The van der Waals surface area contributed by atoms with E-state index in [1.165, 1.54) is 6.07 Å². The van der Waals surface area contributed by atoms with Gasteiger partial charge in [-0.1, -0.05) is 6.07 Å². The molecule has 1 saturated heterocycles. The van der Waals surface area contributed by atoms with Crippen LogP contribution in [0.1, 0.15) is 35.7 Å². The molecule has 1 atom stereocenters. The number of rotatable bonds is 11. The van der Waals surface area contributed by atoms with Crippen LogP contribution in [-0.4, -0.2) is 64.5 Å². The maximum atomic E-state index is 13.6. The molecule has 1 fully saturated rings. The van der Waals surface area contributed by atoms with E-state index in [-0.39, 0.29) is 11.7 Å². The molecule has 1 aliphatic heterocycles. The Hall–Kier alpha value is -2.19. The first-order valence-corrected chi connectivity index (χ1v) is 10.3. The van der Waals surface area contributed by atoms with Gasteiger partial charge in [-0.3, -0.25) is 9.79 Å². The van der Waals surface area contributed by atoms with Gasteiger partial charge in [0.05, 0.1) is 13.2 Å². The highest BCUT2D eigenvalue weighted by Crippen LogP contribution is 2.12. The van der Waals surface area contributed by atoms with Crippen LogP contribution in [0.25, 0.3) is 0 Å². The number of nitrogens with one attached hydrogen (secondary N) is 3. The van der Waals surface area contributed by atoms with Gasteiger partial charge >= 0.3 is 0 Å². The average molecular weight is 409 g/mol. The van der Waals surface area contributed by atoms with Gasteiger partial charge in [-0.25, -0.2) is 4.39 Å². The zero-order chi connectivity index (χ0) is 20.9. The van der Waals surface area contributed by atoms with Crippen molar-refractivity contribution in [1.82, 2.24) is 16.0 Å². The molecular weight excluding hydrogens is 375 g/mol. The largest absolute Gasteiger partial charge is 0.381 e. The lowest BCUT2D eigenvalue weighted by Gasteiger charge is -2.12. The maximum absolute atomic E-state index is 13.6. The molecule has 0 saturated carbocycles. The lowest BCUT2D eigenvalue weighted by molar-refractivity contribution is 0.0893. The van der Waals surface area contributed by atoms with Crippen molar-refractivity contribution in [2.24, 2.45) is 10.9 Å². The fraction of sp³-hybridized carbons (Fsp3) is 0.619. The van der Waals surface area contributed by atoms with Crippen LogP contribution >= 0.6 is 0 Å². The van der Waals surface area contributed by atoms with Gasteiger partial charge in [0.2, 0.25) is 0 Å². The fourth-order valence-electron chi connectivity index (χ4n) is 2.86. The van der Waals surface area contributed by atoms with Crippen molar-refractivity contribution < 1.29 is 18.7 Å². The number of aliphatic imine (C=N–C) groups is 1. The molecular formula is C21H33FN4O3. The van der Waals surface area contributed by atoms with Gasteiger partial charge in [-0.15, -0.1) is 0 Å². The summed E-state index contributed by atoms with van der Waals surface area (Å²) in [6, 6.07) is 4.48. The first-order valence-electron chi connectivity index (χ1n) is 10.3. The molecule has 1 unspecified atom stereocenters. The zero-order valence-corrected chi connectivity index (χ0v) is 17.4. The number of aryl methyl sites for hydroxylation is 1. The Balaban J connectivity index is 1.61. The van der Waals surface area contributed by atoms with E-state index in [1.54, 1.807) is 19.1 Å². The molecule has 1 aliphatic rings. The predicted molar refractivity (Wildman–Crippen MR) is 112 cm³/mol. The molecule has 0 aromatic heterocycles.